The summed E-state index contributed by atoms with van der Waals surface area (Å²) in [5, 5.41) is 4.88. The lowest BCUT2D eigenvalue weighted by Crippen LogP contribution is -2.29. The van der Waals surface area contributed by atoms with Crippen molar-refractivity contribution in [1.29, 1.82) is 0 Å². The highest BCUT2D eigenvalue weighted by Gasteiger charge is 2.39. The second kappa shape index (κ2) is 5.29. The van der Waals surface area contributed by atoms with E-state index in [1.165, 1.54) is 6.07 Å². The molecular weight excluding hydrogens is 320 g/mol. The van der Waals surface area contributed by atoms with Gasteiger partial charge in [-0.05, 0) is 42.2 Å². The molecule has 22 heavy (non-hydrogen) atoms. The number of anilines is 1. The van der Waals surface area contributed by atoms with E-state index in [0.29, 0.717) is 10.9 Å². The van der Waals surface area contributed by atoms with E-state index in [9.17, 15) is 4.39 Å². The van der Waals surface area contributed by atoms with Gasteiger partial charge in [0.25, 0.3) is 0 Å². The Morgan fingerprint density at radius 3 is 2.73 bits per heavy atom. The number of nitrogens with one attached hydrogen (secondary N) is 1. The molecule has 0 saturated heterocycles. The van der Waals surface area contributed by atoms with Crippen molar-refractivity contribution in [3.63, 3.8) is 0 Å². The van der Waals surface area contributed by atoms with Gasteiger partial charge in [0.1, 0.15) is 5.82 Å². The van der Waals surface area contributed by atoms with Crippen molar-refractivity contribution >= 4 is 28.9 Å². The van der Waals surface area contributed by atoms with Crippen LogP contribution in [0.4, 0.5) is 10.1 Å². The first-order valence-corrected chi connectivity index (χ1v) is 8.07. The van der Waals surface area contributed by atoms with E-state index in [0.717, 1.165) is 28.3 Å². The van der Waals surface area contributed by atoms with E-state index in [4.69, 9.17) is 23.2 Å². The number of halogens is 3. The number of hydrogen-bond donors (Lipinski definition) is 1. The van der Waals surface area contributed by atoms with Crippen LogP contribution < -0.4 is 5.32 Å². The van der Waals surface area contributed by atoms with Crippen LogP contribution in [0.3, 0.4) is 0 Å². The highest BCUT2D eigenvalue weighted by Crippen LogP contribution is 2.53. The zero-order valence-corrected chi connectivity index (χ0v) is 13.2. The quantitative estimate of drug-likeness (QED) is 0.635. The first-order chi connectivity index (χ1) is 10.6. The van der Waals surface area contributed by atoms with Crippen LogP contribution >= 0.6 is 23.2 Å². The van der Waals surface area contributed by atoms with Gasteiger partial charge in [-0.3, -0.25) is 0 Å². The average molecular weight is 334 g/mol. The smallest absolute Gasteiger partial charge is 0.123 e. The summed E-state index contributed by atoms with van der Waals surface area (Å²) in [6.45, 7) is 0. The Kier molecular flexibility index (Phi) is 3.39. The molecule has 112 valence electrons. The minimum atomic E-state index is -0.218. The summed E-state index contributed by atoms with van der Waals surface area (Å²) in [6, 6.07) is 10.4. The molecule has 4 rings (SSSR count). The van der Waals surface area contributed by atoms with Crippen LogP contribution in [0.1, 0.15) is 29.5 Å². The maximum absolute atomic E-state index is 13.6. The zero-order chi connectivity index (χ0) is 15.3. The first-order valence-electron chi connectivity index (χ1n) is 7.31. The molecule has 0 unspecified atom stereocenters. The summed E-state index contributed by atoms with van der Waals surface area (Å²) in [6.07, 6.45) is 5.32. The number of allylic oxidation sites excluding steroid dienone is 2. The summed E-state index contributed by atoms with van der Waals surface area (Å²) in [4.78, 5) is 0. The molecule has 1 aliphatic carbocycles. The summed E-state index contributed by atoms with van der Waals surface area (Å²) in [5.41, 5.74) is 2.87. The van der Waals surface area contributed by atoms with E-state index in [-0.39, 0.29) is 17.8 Å². The third-order valence-electron chi connectivity index (χ3n) is 4.62. The van der Waals surface area contributed by atoms with Gasteiger partial charge in [-0.25, -0.2) is 4.39 Å². The van der Waals surface area contributed by atoms with Crippen molar-refractivity contribution in [3.8, 4) is 0 Å². The Morgan fingerprint density at radius 2 is 1.91 bits per heavy atom. The normalized spacial score (nSPS) is 25.5. The molecule has 1 N–H and O–H groups in total. The Bertz CT molecular complexity index is 772. The van der Waals surface area contributed by atoms with Crippen molar-refractivity contribution < 1.29 is 4.39 Å². The van der Waals surface area contributed by atoms with Gasteiger partial charge in [0.2, 0.25) is 0 Å². The van der Waals surface area contributed by atoms with Crippen LogP contribution in [0, 0.1) is 11.7 Å². The fraction of sp³-hybridized carbons (Fsp3) is 0.222. The zero-order valence-electron chi connectivity index (χ0n) is 11.7. The molecule has 0 aromatic heterocycles. The van der Waals surface area contributed by atoms with Gasteiger partial charge in [0.05, 0.1) is 16.8 Å². The molecule has 0 radical (unpaired) electrons. The summed E-state index contributed by atoms with van der Waals surface area (Å²) in [5.74, 6) is 0.325. The highest BCUT2D eigenvalue weighted by atomic mass is 35.5. The maximum atomic E-state index is 13.6. The molecule has 2 aliphatic rings. The molecule has 1 heterocycles. The number of fused-ring (bicyclic) bond motifs is 3. The molecule has 2 aromatic rings. The van der Waals surface area contributed by atoms with Crippen molar-refractivity contribution in [2.45, 2.75) is 18.4 Å². The number of benzene rings is 2. The van der Waals surface area contributed by atoms with Crippen LogP contribution in [0.15, 0.2) is 48.6 Å². The number of hydrogen-bond acceptors (Lipinski definition) is 1. The number of rotatable bonds is 1. The van der Waals surface area contributed by atoms with Crippen LogP contribution in [0.5, 0.6) is 0 Å². The molecule has 1 nitrogen and oxygen atoms in total. The fourth-order valence-electron chi connectivity index (χ4n) is 3.66. The SMILES string of the molecule is Fc1cccc([C@@H]2Nc3c(Cl)ccc(Cl)c3[C@H]3C=CC[C@@H]32)c1. The monoisotopic (exact) mass is 333 g/mol. The van der Waals surface area contributed by atoms with E-state index >= 15 is 0 Å². The summed E-state index contributed by atoms with van der Waals surface area (Å²) in [7, 11) is 0. The van der Waals surface area contributed by atoms with E-state index < -0.39 is 0 Å². The lowest BCUT2D eigenvalue weighted by atomic mass is 9.77. The van der Waals surface area contributed by atoms with Crippen molar-refractivity contribution in [1.82, 2.24) is 0 Å². The second-order valence-electron chi connectivity index (χ2n) is 5.85. The molecule has 0 amide bonds. The van der Waals surface area contributed by atoms with Crippen molar-refractivity contribution in [2.24, 2.45) is 5.92 Å². The predicted molar refractivity (Wildman–Crippen MR) is 89.2 cm³/mol. The lowest BCUT2D eigenvalue weighted by Gasteiger charge is -2.38. The molecule has 3 atom stereocenters. The van der Waals surface area contributed by atoms with Gasteiger partial charge in [-0.2, -0.15) is 0 Å². The summed E-state index contributed by atoms with van der Waals surface area (Å²) < 4.78 is 13.6. The van der Waals surface area contributed by atoms with Crippen LogP contribution in [-0.2, 0) is 0 Å². The molecule has 0 fully saturated rings. The molecular formula is C18H14Cl2FN. The Hall–Kier alpha value is -1.51. The average Bonchev–Trinajstić information content (AvgIpc) is 2.99. The van der Waals surface area contributed by atoms with Crippen LogP contribution in [0.25, 0.3) is 0 Å². The largest absolute Gasteiger partial charge is 0.376 e. The van der Waals surface area contributed by atoms with Gasteiger partial charge in [0.15, 0.2) is 0 Å². The maximum Gasteiger partial charge on any atom is 0.123 e. The highest BCUT2D eigenvalue weighted by molar-refractivity contribution is 6.36. The molecule has 2 aromatic carbocycles. The Morgan fingerprint density at radius 1 is 1.09 bits per heavy atom. The topological polar surface area (TPSA) is 12.0 Å². The molecule has 4 heteroatoms. The Balaban J connectivity index is 1.86. The first kappa shape index (κ1) is 14.1. The minimum Gasteiger partial charge on any atom is -0.376 e. The van der Waals surface area contributed by atoms with E-state index in [1.807, 2.05) is 12.1 Å². The fourth-order valence-corrected chi connectivity index (χ4v) is 4.16. The van der Waals surface area contributed by atoms with Gasteiger partial charge >= 0.3 is 0 Å². The minimum absolute atomic E-state index is 0.0270. The van der Waals surface area contributed by atoms with Crippen LogP contribution in [-0.4, -0.2) is 0 Å². The van der Waals surface area contributed by atoms with Gasteiger partial charge in [-0.15, -0.1) is 0 Å². The van der Waals surface area contributed by atoms with Gasteiger partial charge in [0, 0.05) is 16.5 Å². The van der Waals surface area contributed by atoms with Crippen molar-refractivity contribution in [3.05, 3.63) is 75.5 Å². The lowest BCUT2D eigenvalue weighted by molar-refractivity contribution is 0.424. The molecule has 0 spiro atoms. The van der Waals surface area contributed by atoms with Crippen molar-refractivity contribution in [2.75, 3.05) is 5.32 Å². The second-order valence-corrected chi connectivity index (χ2v) is 6.66. The molecule has 0 bridgehead atoms. The summed E-state index contributed by atoms with van der Waals surface area (Å²) >= 11 is 12.8. The van der Waals surface area contributed by atoms with Crippen LogP contribution in [0.2, 0.25) is 10.0 Å². The molecule has 1 aliphatic heterocycles. The standard InChI is InChI=1S/C18H14Cl2FN/c19-14-7-8-15(20)18-16(14)12-5-2-6-13(12)17(22-18)10-3-1-4-11(21)9-10/h1-5,7-9,12-13,17,22H,6H2/t12-,13-,17-/m0/s1. The van der Waals surface area contributed by atoms with Gasteiger partial charge < -0.3 is 5.32 Å². The predicted octanol–water partition coefficient (Wildman–Crippen LogP) is 5.96. The molecule has 0 saturated carbocycles. The Labute approximate surface area is 138 Å². The van der Waals surface area contributed by atoms with E-state index in [1.54, 1.807) is 18.2 Å². The third kappa shape index (κ3) is 2.13. The third-order valence-corrected chi connectivity index (χ3v) is 5.27. The van der Waals surface area contributed by atoms with Gasteiger partial charge in [-0.1, -0.05) is 47.5 Å². The van der Waals surface area contributed by atoms with E-state index in [2.05, 4.69) is 17.5 Å².